The number of hydroxylamine groups is 1. The highest BCUT2D eigenvalue weighted by molar-refractivity contribution is 5.74. The largest absolute Gasteiger partial charge is 0.479 e. The summed E-state index contributed by atoms with van der Waals surface area (Å²) in [5.41, 5.74) is 2.34. The van der Waals surface area contributed by atoms with Gasteiger partial charge in [-0.2, -0.15) is 0 Å². The maximum absolute atomic E-state index is 11.7. The lowest BCUT2D eigenvalue weighted by Crippen LogP contribution is -2.41. The zero-order chi connectivity index (χ0) is 13.0. The maximum Gasteiger partial charge on any atom is 0.341 e. The summed E-state index contributed by atoms with van der Waals surface area (Å²) in [5, 5.41) is 8.39. The molecule has 18 heavy (non-hydrogen) atoms. The molecule has 0 aromatic rings. The van der Waals surface area contributed by atoms with Crippen LogP contribution in [0.5, 0.6) is 0 Å². The van der Waals surface area contributed by atoms with E-state index in [0.29, 0.717) is 13.1 Å². The first-order chi connectivity index (χ1) is 8.61. The second-order valence-electron chi connectivity index (χ2n) is 4.87. The van der Waals surface area contributed by atoms with Gasteiger partial charge in [-0.25, -0.2) is 15.1 Å². The number of ether oxygens (including phenoxy) is 1. The van der Waals surface area contributed by atoms with Crippen molar-refractivity contribution in [1.82, 2.24) is 10.4 Å². The molecule has 2 aliphatic rings. The third kappa shape index (κ3) is 3.11. The van der Waals surface area contributed by atoms with E-state index in [2.05, 4.69) is 10.3 Å². The quantitative estimate of drug-likeness (QED) is 0.707. The predicted molar refractivity (Wildman–Crippen MR) is 60.8 cm³/mol. The van der Waals surface area contributed by atoms with Crippen molar-refractivity contribution in [2.75, 3.05) is 32.9 Å². The number of likely N-dealkylation sites (tertiary alicyclic amines) is 1. The van der Waals surface area contributed by atoms with E-state index in [1.54, 1.807) is 4.90 Å². The Bertz CT molecular complexity index is 327. The van der Waals surface area contributed by atoms with Gasteiger partial charge in [0.25, 0.3) is 0 Å². The Kier molecular flexibility index (Phi) is 4.03. The molecule has 0 aromatic heterocycles. The lowest BCUT2D eigenvalue weighted by Gasteiger charge is -2.33. The minimum absolute atomic E-state index is 0.183. The molecule has 0 atom stereocenters. The van der Waals surface area contributed by atoms with Gasteiger partial charge in [0, 0.05) is 26.3 Å². The number of carbonyl (C=O) groups is 2. The maximum atomic E-state index is 11.7. The molecule has 2 saturated heterocycles. The highest BCUT2D eigenvalue weighted by Gasteiger charge is 2.40. The molecule has 1 spiro atoms. The molecule has 2 heterocycles. The summed E-state index contributed by atoms with van der Waals surface area (Å²) in [4.78, 5) is 28.2. The second kappa shape index (κ2) is 5.53. The van der Waals surface area contributed by atoms with E-state index in [4.69, 9.17) is 9.84 Å². The molecule has 2 aliphatic heterocycles. The topological polar surface area (TPSA) is 88.1 Å². The first kappa shape index (κ1) is 13.1. The number of carboxylic acid groups (broad SMARTS) is 1. The van der Waals surface area contributed by atoms with Gasteiger partial charge < -0.3 is 14.7 Å². The number of hydrogen-bond acceptors (Lipinski definition) is 4. The molecule has 2 amide bonds. The Labute approximate surface area is 105 Å². The van der Waals surface area contributed by atoms with Crippen LogP contribution in [0.15, 0.2) is 0 Å². The Morgan fingerprint density at radius 2 is 2.06 bits per heavy atom. The molecular weight excluding hydrogens is 240 g/mol. The Balaban J connectivity index is 1.77. The van der Waals surface area contributed by atoms with Crippen LogP contribution in [0.4, 0.5) is 4.79 Å². The van der Waals surface area contributed by atoms with Crippen LogP contribution in [0.3, 0.4) is 0 Å². The van der Waals surface area contributed by atoms with Crippen molar-refractivity contribution in [2.45, 2.75) is 19.3 Å². The number of urea groups is 1. The molecule has 102 valence electrons. The van der Waals surface area contributed by atoms with Gasteiger partial charge in [-0.05, 0) is 24.7 Å². The second-order valence-corrected chi connectivity index (χ2v) is 4.87. The fraction of sp³-hybridized carbons (Fsp3) is 0.818. The third-order valence-corrected chi connectivity index (χ3v) is 3.63. The van der Waals surface area contributed by atoms with Gasteiger partial charge in [-0.1, -0.05) is 0 Å². The molecule has 2 N–H and O–H groups in total. The van der Waals surface area contributed by atoms with Crippen LogP contribution in [-0.2, 0) is 14.4 Å². The SMILES string of the molecule is O=C(O)CONC(=O)N1CCC2(CCOCC2)C1. The first-order valence-corrected chi connectivity index (χ1v) is 6.08. The Hall–Kier alpha value is -1.34. The average Bonchev–Trinajstić information content (AvgIpc) is 2.73. The van der Waals surface area contributed by atoms with Crippen molar-refractivity contribution < 1.29 is 24.3 Å². The normalized spacial score (nSPS) is 22.1. The van der Waals surface area contributed by atoms with Gasteiger partial charge in [0.1, 0.15) is 0 Å². The summed E-state index contributed by atoms with van der Waals surface area (Å²) >= 11 is 0. The Morgan fingerprint density at radius 1 is 1.33 bits per heavy atom. The highest BCUT2D eigenvalue weighted by Crippen LogP contribution is 2.39. The van der Waals surface area contributed by atoms with Crippen molar-refractivity contribution in [1.29, 1.82) is 0 Å². The van der Waals surface area contributed by atoms with Crippen molar-refractivity contribution >= 4 is 12.0 Å². The summed E-state index contributed by atoms with van der Waals surface area (Å²) < 4.78 is 5.33. The molecule has 2 rings (SSSR count). The molecule has 7 heteroatoms. The number of carboxylic acids is 1. The standard InChI is InChI=1S/C11H18N2O5/c14-9(15)7-18-12-10(16)13-4-1-11(8-13)2-5-17-6-3-11/h1-8H2,(H,12,16)(H,14,15). The lowest BCUT2D eigenvalue weighted by atomic mass is 9.80. The summed E-state index contributed by atoms with van der Waals surface area (Å²) in [6.45, 7) is 2.36. The predicted octanol–water partition coefficient (Wildman–Crippen LogP) is 0.215. The average molecular weight is 258 g/mol. The number of rotatable bonds is 3. The first-order valence-electron chi connectivity index (χ1n) is 6.08. The molecule has 0 aliphatic carbocycles. The molecule has 0 aromatic carbocycles. The van der Waals surface area contributed by atoms with Crippen LogP contribution in [-0.4, -0.2) is 54.9 Å². The zero-order valence-corrected chi connectivity index (χ0v) is 10.2. The Morgan fingerprint density at radius 3 is 2.72 bits per heavy atom. The number of amides is 2. The van der Waals surface area contributed by atoms with E-state index in [1.165, 1.54) is 0 Å². The molecule has 2 fully saturated rings. The van der Waals surface area contributed by atoms with Crippen LogP contribution in [0.25, 0.3) is 0 Å². The number of aliphatic carboxylic acids is 1. The van der Waals surface area contributed by atoms with E-state index < -0.39 is 12.6 Å². The molecule has 0 radical (unpaired) electrons. The summed E-state index contributed by atoms with van der Waals surface area (Å²) in [6, 6.07) is -0.361. The van der Waals surface area contributed by atoms with Crippen LogP contribution in [0, 0.1) is 5.41 Å². The third-order valence-electron chi connectivity index (χ3n) is 3.63. The van der Waals surface area contributed by atoms with E-state index in [0.717, 1.165) is 32.5 Å². The van der Waals surface area contributed by atoms with E-state index in [-0.39, 0.29) is 11.4 Å². The van der Waals surface area contributed by atoms with Crippen LogP contribution in [0.2, 0.25) is 0 Å². The number of nitrogens with zero attached hydrogens (tertiary/aromatic N) is 1. The lowest BCUT2D eigenvalue weighted by molar-refractivity contribution is -0.144. The molecule has 0 saturated carbocycles. The fourth-order valence-corrected chi connectivity index (χ4v) is 2.55. The van der Waals surface area contributed by atoms with E-state index >= 15 is 0 Å². The minimum Gasteiger partial charge on any atom is -0.479 e. The van der Waals surface area contributed by atoms with Gasteiger partial charge in [0.05, 0.1) is 0 Å². The van der Waals surface area contributed by atoms with Gasteiger partial charge in [-0.3, -0.25) is 4.84 Å². The van der Waals surface area contributed by atoms with Gasteiger partial charge in [0.2, 0.25) is 0 Å². The van der Waals surface area contributed by atoms with Crippen molar-refractivity contribution in [2.24, 2.45) is 5.41 Å². The summed E-state index contributed by atoms with van der Waals surface area (Å²) in [7, 11) is 0. The highest BCUT2D eigenvalue weighted by atomic mass is 16.7. The van der Waals surface area contributed by atoms with E-state index in [1.807, 2.05) is 0 Å². The molecular formula is C11H18N2O5. The minimum atomic E-state index is -1.11. The molecule has 0 bridgehead atoms. The van der Waals surface area contributed by atoms with Crippen molar-refractivity contribution in [3.8, 4) is 0 Å². The van der Waals surface area contributed by atoms with Crippen LogP contribution < -0.4 is 5.48 Å². The fourth-order valence-electron chi connectivity index (χ4n) is 2.55. The van der Waals surface area contributed by atoms with Gasteiger partial charge in [0.15, 0.2) is 6.61 Å². The summed E-state index contributed by atoms with van der Waals surface area (Å²) in [6.07, 6.45) is 2.93. The van der Waals surface area contributed by atoms with Crippen molar-refractivity contribution in [3.63, 3.8) is 0 Å². The molecule has 7 nitrogen and oxygen atoms in total. The smallest absolute Gasteiger partial charge is 0.341 e. The number of hydrogen-bond donors (Lipinski definition) is 2. The van der Waals surface area contributed by atoms with E-state index in [9.17, 15) is 9.59 Å². The monoisotopic (exact) mass is 258 g/mol. The number of carbonyl (C=O) groups excluding carboxylic acids is 1. The van der Waals surface area contributed by atoms with Gasteiger partial charge in [-0.15, -0.1) is 0 Å². The van der Waals surface area contributed by atoms with Crippen LogP contribution >= 0.6 is 0 Å². The van der Waals surface area contributed by atoms with Crippen molar-refractivity contribution in [3.05, 3.63) is 0 Å². The van der Waals surface area contributed by atoms with Crippen LogP contribution in [0.1, 0.15) is 19.3 Å². The van der Waals surface area contributed by atoms with Gasteiger partial charge >= 0.3 is 12.0 Å². The summed E-state index contributed by atoms with van der Waals surface area (Å²) in [5.74, 6) is -1.11. The number of nitrogens with one attached hydrogen (secondary N) is 1. The zero-order valence-electron chi connectivity index (χ0n) is 10.2. The molecule has 0 unspecified atom stereocenters.